The Bertz CT molecular complexity index is 909. The number of rotatable bonds is 2. The molecule has 0 spiro atoms. The van der Waals surface area contributed by atoms with Crippen LogP contribution in [-0.2, 0) is 0 Å². The van der Waals surface area contributed by atoms with E-state index in [9.17, 15) is 4.79 Å². The van der Waals surface area contributed by atoms with E-state index in [1.165, 1.54) is 22.5 Å². The third-order valence-corrected chi connectivity index (χ3v) is 5.08. The molecule has 3 aromatic rings. The number of ketones is 1. The number of fused-ring (bicyclic) bond motifs is 1. The quantitative estimate of drug-likeness (QED) is 0.700. The van der Waals surface area contributed by atoms with Crippen molar-refractivity contribution in [2.45, 2.75) is 27.7 Å². The monoisotopic (exact) mass is 310 g/mol. The van der Waals surface area contributed by atoms with Crippen molar-refractivity contribution in [3.8, 4) is 11.3 Å². The number of carbonyl (C=O) groups excluding carboxylic acids is 1. The summed E-state index contributed by atoms with van der Waals surface area (Å²) in [5, 5.41) is 0.876. The minimum absolute atomic E-state index is 0.00813. The van der Waals surface area contributed by atoms with E-state index in [2.05, 4.69) is 32.0 Å². The molecule has 0 saturated carbocycles. The van der Waals surface area contributed by atoms with Gasteiger partial charge in [-0.1, -0.05) is 23.8 Å². The molecule has 0 saturated heterocycles. The summed E-state index contributed by atoms with van der Waals surface area (Å²) in [4.78, 5) is 17.9. The summed E-state index contributed by atoms with van der Waals surface area (Å²) in [5.74, 6) is -0.00813. The van der Waals surface area contributed by atoms with Crippen molar-refractivity contribution in [1.82, 2.24) is 4.98 Å². The number of benzene rings is 1. The van der Waals surface area contributed by atoms with Crippen LogP contribution in [0.5, 0.6) is 0 Å². The first-order chi connectivity index (χ1) is 10.4. The molecule has 0 unspecified atom stereocenters. The number of nitrogens with zero attached hydrogens (tertiary/aromatic N) is 1. The lowest BCUT2D eigenvalue weighted by Crippen LogP contribution is -1.95. The first-order valence-corrected chi connectivity index (χ1v) is 7.98. The minimum Gasteiger partial charge on any atom is -0.397 e. The smallest absolute Gasteiger partial charge is 0.171 e. The van der Waals surface area contributed by atoms with Gasteiger partial charge in [0.2, 0.25) is 0 Å². The highest BCUT2D eigenvalue weighted by Gasteiger charge is 2.17. The molecule has 2 aromatic heterocycles. The van der Waals surface area contributed by atoms with E-state index in [1.807, 2.05) is 13.0 Å². The Morgan fingerprint density at radius 3 is 2.50 bits per heavy atom. The number of Topliss-reactive ketones (excluding diaryl/α,β-unsaturated/α-hetero) is 1. The molecule has 0 radical (unpaired) electrons. The van der Waals surface area contributed by atoms with E-state index in [4.69, 9.17) is 10.7 Å². The highest BCUT2D eigenvalue weighted by atomic mass is 32.1. The molecule has 1 aromatic carbocycles. The number of aromatic nitrogens is 1. The summed E-state index contributed by atoms with van der Waals surface area (Å²) in [7, 11) is 0. The van der Waals surface area contributed by atoms with Gasteiger partial charge in [0.1, 0.15) is 4.83 Å². The molecule has 0 fully saturated rings. The highest BCUT2D eigenvalue weighted by molar-refractivity contribution is 7.21. The fourth-order valence-electron chi connectivity index (χ4n) is 2.75. The van der Waals surface area contributed by atoms with E-state index in [0.29, 0.717) is 10.6 Å². The van der Waals surface area contributed by atoms with E-state index in [1.54, 1.807) is 6.92 Å². The Hall–Kier alpha value is -2.20. The molecule has 2 heterocycles. The second kappa shape index (κ2) is 5.21. The average Bonchev–Trinajstić information content (AvgIpc) is 2.76. The molecular formula is C18H18N2OS. The topological polar surface area (TPSA) is 56.0 Å². The number of thiophene rings is 1. The van der Waals surface area contributed by atoms with Crippen LogP contribution in [0.4, 0.5) is 5.69 Å². The summed E-state index contributed by atoms with van der Waals surface area (Å²) in [6, 6.07) is 8.39. The lowest BCUT2D eigenvalue weighted by Gasteiger charge is -2.09. The summed E-state index contributed by atoms with van der Waals surface area (Å²) >= 11 is 1.37. The van der Waals surface area contributed by atoms with E-state index in [-0.39, 0.29) is 5.78 Å². The van der Waals surface area contributed by atoms with Gasteiger partial charge in [-0.2, -0.15) is 0 Å². The van der Waals surface area contributed by atoms with Crippen molar-refractivity contribution in [1.29, 1.82) is 0 Å². The number of hydrogen-bond donors (Lipinski definition) is 1. The number of anilines is 1. The van der Waals surface area contributed by atoms with Gasteiger partial charge in [0, 0.05) is 17.9 Å². The molecule has 3 rings (SSSR count). The van der Waals surface area contributed by atoms with Crippen molar-refractivity contribution in [3.63, 3.8) is 0 Å². The third kappa shape index (κ3) is 2.29. The van der Waals surface area contributed by atoms with Crippen molar-refractivity contribution < 1.29 is 4.79 Å². The van der Waals surface area contributed by atoms with Crippen LogP contribution >= 0.6 is 11.3 Å². The zero-order valence-electron chi connectivity index (χ0n) is 13.2. The van der Waals surface area contributed by atoms with Gasteiger partial charge in [0.05, 0.1) is 16.3 Å². The number of nitrogens with two attached hydrogens (primary N) is 1. The van der Waals surface area contributed by atoms with Gasteiger partial charge in [-0.3, -0.25) is 4.79 Å². The van der Waals surface area contributed by atoms with Crippen LogP contribution in [0.1, 0.15) is 33.3 Å². The molecule has 3 nitrogen and oxygen atoms in total. The Morgan fingerprint density at radius 2 is 1.86 bits per heavy atom. The fraction of sp³-hybridized carbons (Fsp3) is 0.222. The molecule has 2 N–H and O–H groups in total. The predicted octanol–water partition coefficient (Wildman–Crippen LogP) is 4.67. The first kappa shape index (κ1) is 14.7. The number of aryl methyl sites for hydroxylation is 3. The Morgan fingerprint density at radius 1 is 1.14 bits per heavy atom. The molecule has 22 heavy (non-hydrogen) atoms. The number of hydrogen-bond acceptors (Lipinski definition) is 4. The predicted molar refractivity (Wildman–Crippen MR) is 93.7 cm³/mol. The second-order valence-electron chi connectivity index (χ2n) is 5.73. The molecule has 0 aliphatic heterocycles. The van der Waals surface area contributed by atoms with Crippen molar-refractivity contribution in [2.24, 2.45) is 0 Å². The van der Waals surface area contributed by atoms with E-state index >= 15 is 0 Å². The van der Waals surface area contributed by atoms with Gasteiger partial charge in [-0.25, -0.2) is 4.98 Å². The van der Waals surface area contributed by atoms with Crippen molar-refractivity contribution in [3.05, 3.63) is 45.8 Å². The molecule has 0 amide bonds. The second-order valence-corrected chi connectivity index (χ2v) is 6.73. The standard InChI is InChI=1S/C18H18N2OS/c1-9-5-6-13(10(2)7-9)16-11(3)8-14-15(19)17(12(4)21)22-18(14)20-16/h5-8H,19H2,1-4H3. The van der Waals surface area contributed by atoms with Crippen LogP contribution in [0.25, 0.3) is 21.5 Å². The molecule has 4 heteroatoms. The highest BCUT2D eigenvalue weighted by Crippen LogP contribution is 2.36. The maximum absolute atomic E-state index is 11.7. The van der Waals surface area contributed by atoms with Gasteiger partial charge < -0.3 is 5.73 Å². The molecular weight excluding hydrogens is 292 g/mol. The molecule has 112 valence electrons. The van der Waals surface area contributed by atoms with Crippen molar-refractivity contribution >= 4 is 33.0 Å². The maximum Gasteiger partial charge on any atom is 0.171 e. The van der Waals surface area contributed by atoms with Gasteiger partial charge in [-0.05, 0) is 38.0 Å². The summed E-state index contributed by atoms with van der Waals surface area (Å²) in [5.41, 5.74) is 12.2. The van der Waals surface area contributed by atoms with E-state index < -0.39 is 0 Å². The van der Waals surface area contributed by atoms with E-state index in [0.717, 1.165) is 27.0 Å². The summed E-state index contributed by atoms with van der Waals surface area (Å²) < 4.78 is 0. The molecule has 0 aliphatic carbocycles. The lowest BCUT2D eigenvalue weighted by atomic mass is 9.99. The van der Waals surface area contributed by atoms with Gasteiger partial charge in [0.15, 0.2) is 5.78 Å². The van der Waals surface area contributed by atoms with Crippen LogP contribution in [0.2, 0.25) is 0 Å². The zero-order chi connectivity index (χ0) is 16.0. The van der Waals surface area contributed by atoms with Gasteiger partial charge in [-0.15, -0.1) is 11.3 Å². The number of pyridine rings is 1. The van der Waals surface area contributed by atoms with Crippen LogP contribution in [0.3, 0.4) is 0 Å². The maximum atomic E-state index is 11.7. The molecule has 0 bridgehead atoms. The summed E-state index contributed by atoms with van der Waals surface area (Å²) in [6.45, 7) is 7.75. The third-order valence-electron chi connectivity index (χ3n) is 3.87. The van der Waals surface area contributed by atoms with Gasteiger partial charge >= 0.3 is 0 Å². The Kier molecular flexibility index (Phi) is 3.49. The Balaban J connectivity index is 2.27. The molecule has 0 aliphatic rings. The first-order valence-electron chi connectivity index (χ1n) is 7.16. The van der Waals surface area contributed by atoms with Crippen LogP contribution in [0, 0.1) is 20.8 Å². The lowest BCUT2D eigenvalue weighted by molar-refractivity contribution is 0.102. The van der Waals surface area contributed by atoms with Crippen LogP contribution < -0.4 is 5.73 Å². The van der Waals surface area contributed by atoms with Crippen LogP contribution in [0.15, 0.2) is 24.3 Å². The van der Waals surface area contributed by atoms with Crippen molar-refractivity contribution in [2.75, 3.05) is 5.73 Å². The largest absolute Gasteiger partial charge is 0.397 e. The van der Waals surface area contributed by atoms with Crippen LogP contribution in [-0.4, -0.2) is 10.8 Å². The van der Waals surface area contributed by atoms with Gasteiger partial charge in [0.25, 0.3) is 0 Å². The normalized spacial score (nSPS) is 11.1. The Labute approximate surface area is 133 Å². The summed E-state index contributed by atoms with van der Waals surface area (Å²) in [6.07, 6.45) is 0. The minimum atomic E-state index is -0.00813. The molecule has 0 atom stereocenters. The fourth-order valence-corrected chi connectivity index (χ4v) is 3.73. The SMILES string of the molecule is CC(=O)c1sc2nc(-c3ccc(C)cc3C)c(C)cc2c1N. The number of nitrogen functional groups attached to an aromatic ring is 1. The number of carbonyl (C=O) groups is 1. The average molecular weight is 310 g/mol. The zero-order valence-corrected chi connectivity index (χ0v) is 14.0.